The first-order chi connectivity index (χ1) is 8.56. The van der Waals surface area contributed by atoms with Crippen LogP contribution in [-0.2, 0) is 0 Å². The maximum atomic E-state index is 11.9. The van der Waals surface area contributed by atoms with E-state index in [0.717, 1.165) is 5.39 Å². The molecule has 1 unspecified atom stereocenters. The first kappa shape index (κ1) is 12.4. The summed E-state index contributed by atoms with van der Waals surface area (Å²) in [6.07, 6.45) is 0. The lowest BCUT2D eigenvalue weighted by molar-refractivity contribution is 0.398. The van der Waals surface area contributed by atoms with Gasteiger partial charge in [0.25, 0.3) is 5.56 Å². The summed E-state index contributed by atoms with van der Waals surface area (Å²) >= 11 is 0. The van der Waals surface area contributed by atoms with Gasteiger partial charge >= 0.3 is 0 Å². The summed E-state index contributed by atoms with van der Waals surface area (Å²) in [4.78, 5) is 14.7. The summed E-state index contributed by atoms with van der Waals surface area (Å²) in [5.74, 6) is 1.27. The number of aromatic amines is 1. The quantitative estimate of drug-likeness (QED) is 0.864. The minimum absolute atomic E-state index is 0.187. The first-order valence-corrected chi connectivity index (χ1v) is 5.61. The SMILES string of the molecule is COc1cc(OC)c2cc(C(C)N)c(=O)[nH]c2c1. The molecule has 0 aliphatic rings. The highest BCUT2D eigenvalue weighted by Crippen LogP contribution is 2.30. The van der Waals surface area contributed by atoms with Crippen LogP contribution in [0.3, 0.4) is 0 Å². The molecule has 2 aromatic rings. The van der Waals surface area contributed by atoms with Crippen LogP contribution in [0.2, 0.25) is 0 Å². The maximum Gasteiger partial charge on any atom is 0.253 e. The van der Waals surface area contributed by atoms with Gasteiger partial charge in [0.1, 0.15) is 11.5 Å². The molecule has 0 bridgehead atoms. The van der Waals surface area contributed by atoms with Crippen LogP contribution in [0.4, 0.5) is 0 Å². The number of benzene rings is 1. The molecule has 0 saturated heterocycles. The number of H-pyrrole nitrogens is 1. The third-order valence-electron chi connectivity index (χ3n) is 2.87. The Morgan fingerprint density at radius 3 is 2.50 bits per heavy atom. The molecule has 0 radical (unpaired) electrons. The van der Waals surface area contributed by atoms with Crippen LogP contribution in [0.15, 0.2) is 23.0 Å². The second-order valence-electron chi connectivity index (χ2n) is 4.13. The normalized spacial score (nSPS) is 12.4. The maximum absolute atomic E-state index is 11.9. The van der Waals surface area contributed by atoms with E-state index in [0.29, 0.717) is 22.6 Å². The predicted molar refractivity (Wildman–Crippen MR) is 70.3 cm³/mol. The zero-order chi connectivity index (χ0) is 13.3. The molecule has 96 valence electrons. The Morgan fingerprint density at radius 2 is 1.94 bits per heavy atom. The van der Waals surface area contributed by atoms with Crippen molar-refractivity contribution >= 4 is 10.9 Å². The van der Waals surface area contributed by atoms with Crippen molar-refractivity contribution in [3.63, 3.8) is 0 Å². The van der Waals surface area contributed by atoms with E-state index in [1.165, 1.54) is 0 Å². The summed E-state index contributed by atoms with van der Waals surface area (Å²) in [5, 5.41) is 0.810. The number of hydrogen-bond donors (Lipinski definition) is 2. The Labute approximate surface area is 105 Å². The van der Waals surface area contributed by atoms with Gasteiger partial charge in [0, 0.05) is 29.1 Å². The van der Waals surface area contributed by atoms with Gasteiger partial charge in [-0.25, -0.2) is 0 Å². The summed E-state index contributed by atoms with van der Waals surface area (Å²) in [7, 11) is 3.14. The van der Waals surface area contributed by atoms with E-state index in [1.807, 2.05) is 0 Å². The zero-order valence-electron chi connectivity index (χ0n) is 10.6. The van der Waals surface area contributed by atoms with Gasteiger partial charge in [-0.05, 0) is 13.0 Å². The molecule has 0 spiro atoms. The Hall–Kier alpha value is -2.01. The number of ether oxygens (including phenoxy) is 2. The van der Waals surface area contributed by atoms with Crippen molar-refractivity contribution < 1.29 is 9.47 Å². The van der Waals surface area contributed by atoms with Gasteiger partial charge < -0.3 is 20.2 Å². The number of hydrogen-bond acceptors (Lipinski definition) is 4. The highest BCUT2D eigenvalue weighted by molar-refractivity contribution is 5.87. The molecule has 18 heavy (non-hydrogen) atoms. The minimum atomic E-state index is -0.329. The van der Waals surface area contributed by atoms with Crippen molar-refractivity contribution in [2.24, 2.45) is 5.73 Å². The topological polar surface area (TPSA) is 77.3 Å². The fourth-order valence-corrected chi connectivity index (χ4v) is 1.89. The molecular weight excluding hydrogens is 232 g/mol. The number of fused-ring (bicyclic) bond motifs is 1. The average Bonchev–Trinajstić information content (AvgIpc) is 2.35. The molecule has 0 aliphatic carbocycles. The van der Waals surface area contributed by atoms with Gasteiger partial charge in [-0.3, -0.25) is 4.79 Å². The number of aromatic nitrogens is 1. The van der Waals surface area contributed by atoms with Crippen LogP contribution in [0.1, 0.15) is 18.5 Å². The standard InChI is InChI=1S/C13H16N2O3/c1-7(14)9-6-10-11(15-13(9)16)4-8(17-2)5-12(10)18-3/h4-7H,14H2,1-3H3,(H,15,16). The fourth-order valence-electron chi connectivity index (χ4n) is 1.89. The van der Waals surface area contributed by atoms with Crippen LogP contribution in [0.25, 0.3) is 10.9 Å². The summed E-state index contributed by atoms with van der Waals surface area (Å²) < 4.78 is 10.5. The Balaban J connectivity index is 2.80. The van der Waals surface area contributed by atoms with E-state index >= 15 is 0 Å². The summed E-state index contributed by atoms with van der Waals surface area (Å²) in [6.45, 7) is 1.77. The summed E-state index contributed by atoms with van der Waals surface area (Å²) in [6, 6.07) is 4.96. The second kappa shape index (κ2) is 4.70. The zero-order valence-corrected chi connectivity index (χ0v) is 10.6. The van der Waals surface area contributed by atoms with Crippen molar-refractivity contribution in [3.8, 4) is 11.5 Å². The van der Waals surface area contributed by atoms with Crippen molar-refractivity contribution in [3.05, 3.63) is 34.1 Å². The number of nitrogens with one attached hydrogen (secondary N) is 1. The van der Waals surface area contributed by atoms with E-state index < -0.39 is 0 Å². The van der Waals surface area contributed by atoms with E-state index in [4.69, 9.17) is 15.2 Å². The fraction of sp³-hybridized carbons (Fsp3) is 0.308. The van der Waals surface area contributed by atoms with Gasteiger partial charge in [0.2, 0.25) is 0 Å². The third-order valence-corrected chi connectivity index (χ3v) is 2.87. The molecule has 1 aromatic heterocycles. The number of pyridine rings is 1. The Kier molecular flexibility index (Phi) is 3.25. The molecule has 0 saturated carbocycles. The van der Waals surface area contributed by atoms with Gasteiger partial charge in [-0.15, -0.1) is 0 Å². The van der Waals surface area contributed by atoms with Crippen LogP contribution in [-0.4, -0.2) is 19.2 Å². The van der Waals surface area contributed by atoms with Crippen molar-refractivity contribution in [2.45, 2.75) is 13.0 Å². The molecule has 0 amide bonds. The highest BCUT2D eigenvalue weighted by atomic mass is 16.5. The first-order valence-electron chi connectivity index (χ1n) is 5.61. The van der Waals surface area contributed by atoms with Crippen LogP contribution < -0.4 is 20.8 Å². The number of rotatable bonds is 3. The second-order valence-corrected chi connectivity index (χ2v) is 4.13. The monoisotopic (exact) mass is 248 g/mol. The molecule has 5 nitrogen and oxygen atoms in total. The molecule has 0 aliphatic heterocycles. The lowest BCUT2D eigenvalue weighted by Crippen LogP contribution is -2.19. The molecule has 1 heterocycles. The molecule has 3 N–H and O–H groups in total. The van der Waals surface area contributed by atoms with E-state index in [9.17, 15) is 4.79 Å². The Morgan fingerprint density at radius 1 is 1.22 bits per heavy atom. The van der Waals surface area contributed by atoms with Crippen molar-refractivity contribution in [1.29, 1.82) is 0 Å². The van der Waals surface area contributed by atoms with Crippen LogP contribution in [0.5, 0.6) is 11.5 Å². The van der Waals surface area contributed by atoms with Crippen LogP contribution >= 0.6 is 0 Å². The molecule has 5 heteroatoms. The minimum Gasteiger partial charge on any atom is -0.497 e. The average molecular weight is 248 g/mol. The third kappa shape index (κ3) is 2.04. The number of nitrogens with two attached hydrogens (primary N) is 1. The largest absolute Gasteiger partial charge is 0.497 e. The van der Waals surface area contributed by atoms with E-state index in [1.54, 1.807) is 39.3 Å². The van der Waals surface area contributed by atoms with Crippen molar-refractivity contribution in [1.82, 2.24) is 4.98 Å². The molecule has 2 rings (SSSR count). The Bertz CT molecular complexity index is 632. The smallest absolute Gasteiger partial charge is 0.253 e. The van der Waals surface area contributed by atoms with Gasteiger partial charge in [-0.1, -0.05) is 0 Å². The summed E-state index contributed by atoms with van der Waals surface area (Å²) in [5.41, 5.74) is 6.78. The predicted octanol–water partition coefficient (Wildman–Crippen LogP) is 1.56. The van der Waals surface area contributed by atoms with Crippen molar-refractivity contribution in [2.75, 3.05) is 14.2 Å². The number of methoxy groups -OCH3 is 2. The molecule has 1 atom stereocenters. The molecular formula is C13H16N2O3. The van der Waals surface area contributed by atoms with Gasteiger partial charge in [0.05, 0.1) is 19.7 Å². The lowest BCUT2D eigenvalue weighted by Gasteiger charge is -2.11. The lowest BCUT2D eigenvalue weighted by atomic mass is 10.1. The van der Waals surface area contributed by atoms with Gasteiger partial charge in [0.15, 0.2) is 0 Å². The molecule has 1 aromatic carbocycles. The highest BCUT2D eigenvalue weighted by Gasteiger charge is 2.11. The van der Waals surface area contributed by atoms with Gasteiger partial charge in [-0.2, -0.15) is 0 Å². The van der Waals surface area contributed by atoms with E-state index in [-0.39, 0.29) is 11.6 Å². The molecule has 0 fully saturated rings. The van der Waals surface area contributed by atoms with E-state index in [2.05, 4.69) is 4.98 Å². The van der Waals surface area contributed by atoms with Crippen LogP contribution in [0, 0.1) is 0 Å².